The number of nitrogens with zero attached hydrogens (tertiary/aromatic N) is 4. The number of nitrogens with one attached hydrogen (secondary N) is 1. The van der Waals surface area contributed by atoms with E-state index < -0.39 is 0 Å². The molecule has 0 spiro atoms. The molecule has 154 valence electrons. The van der Waals surface area contributed by atoms with Gasteiger partial charge in [0, 0.05) is 43.8 Å². The van der Waals surface area contributed by atoms with Crippen LogP contribution in [0.15, 0.2) is 45.9 Å². The van der Waals surface area contributed by atoms with Crippen LogP contribution in [0, 0.1) is 6.92 Å². The maximum absolute atomic E-state index is 12.8. The summed E-state index contributed by atoms with van der Waals surface area (Å²) in [5.74, 6) is 0.472. The van der Waals surface area contributed by atoms with Crippen LogP contribution in [0.4, 0.5) is 5.69 Å². The van der Waals surface area contributed by atoms with Gasteiger partial charge in [-0.3, -0.25) is 4.98 Å². The van der Waals surface area contributed by atoms with Gasteiger partial charge in [0.25, 0.3) is 0 Å². The van der Waals surface area contributed by atoms with Crippen LogP contribution in [-0.2, 0) is 6.42 Å². The zero-order valence-corrected chi connectivity index (χ0v) is 17.5. The summed E-state index contributed by atoms with van der Waals surface area (Å²) in [5, 5.41) is 4.90. The summed E-state index contributed by atoms with van der Waals surface area (Å²) >= 11 is 0. The van der Waals surface area contributed by atoms with Crippen molar-refractivity contribution in [2.75, 3.05) is 24.5 Å². The number of fused-ring (bicyclic) bond motifs is 2. The van der Waals surface area contributed by atoms with Crippen LogP contribution in [0.25, 0.3) is 27.9 Å². The van der Waals surface area contributed by atoms with Crippen LogP contribution in [0.1, 0.15) is 25.2 Å². The summed E-state index contributed by atoms with van der Waals surface area (Å²) in [6, 6.07) is 8.34. The van der Waals surface area contributed by atoms with Crippen molar-refractivity contribution in [3.8, 4) is 11.5 Å². The van der Waals surface area contributed by atoms with Crippen LogP contribution in [-0.4, -0.2) is 40.0 Å². The lowest BCUT2D eigenvalue weighted by molar-refractivity contribution is 0.485. The van der Waals surface area contributed by atoms with E-state index in [1.54, 1.807) is 0 Å². The van der Waals surface area contributed by atoms with Crippen molar-refractivity contribution in [2.24, 2.45) is 0 Å². The second-order valence-corrected chi connectivity index (χ2v) is 8.01. The van der Waals surface area contributed by atoms with Gasteiger partial charge in [0.1, 0.15) is 5.69 Å². The minimum absolute atomic E-state index is 0.338. The van der Waals surface area contributed by atoms with Gasteiger partial charge in [0.15, 0.2) is 11.4 Å². The van der Waals surface area contributed by atoms with Crippen molar-refractivity contribution in [3.05, 3.63) is 58.5 Å². The van der Waals surface area contributed by atoms with Gasteiger partial charge in [-0.15, -0.1) is 0 Å². The van der Waals surface area contributed by atoms with Crippen LogP contribution in [0.3, 0.4) is 0 Å². The van der Waals surface area contributed by atoms with Crippen LogP contribution in [0.2, 0.25) is 0 Å². The second-order valence-electron chi connectivity index (χ2n) is 8.01. The Morgan fingerprint density at radius 2 is 2.10 bits per heavy atom. The average Bonchev–Trinajstić information content (AvgIpc) is 3.17. The third kappa shape index (κ3) is 3.25. The number of anilines is 1. The molecule has 1 aliphatic heterocycles. The molecule has 0 bridgehead atoms. The van der Waals surface area contributed by atoms with E-state index in [1.807, 2.05) is 41.9 Å². The van der Waals surface area contributed by atoms with Gasteiger partial charge >= 0.3 is 5.63 Å². The second kappa shape index (κ2) is 7.25. The lowest BCUT2D eigenvalue weighted by Crippen LogP contribution is -2.49. The molecule has 1 fully saturated rings. The first kappa shape index (κ1) is 18.8. The smallest absolute Gasteiger partial charge is 0.344 e. The van der Waals surface area contributed by atoms with E-state index in [4.69, 9.17) is 9.40 Å². The number of aryl methyl sites for hydroxylation is 2. The minimum atomic E-state index is -0.338. The molecule has 1 N–H and O–H groups in total. The monoisotopic (exact) mass is 403 g/mol. The van der Waals surface area contributed by atoms with Gasteiger partial charge in [-0.05, 0) is 43.9 Å². The molecule has 30 heavy (non-hydrogen) atoms. The molecule has 1 saturated heterocycles. The molecular weight excluding hydrogens is 378 g/mol. The first-order valence-corrected chi connectivity index (χ1v) is 10.4. The maximum Gasteiger partial charge on any atom is 0.344 e. The average molecular weight is 403 g/mol. The molecule has 7 heteroatoms. The summed E-state index contributed by atoms with van der Waals surface area (Å²) in [6.07, 6.45) is 4.62. The minimum Gasteiger partial charge on any atom is -0.421 e. The molecule has 4 aromatic rings. The summed E-state index contributed by atoms with van der Waals surface area (Å²) < 4.78 is 7.64. The summed E-state index contributed by atoms with van der Waals surface area (Å²) in [7, 11) is 0. The Kier molecular flexibility index (Phi) is 4.55. The normalized spacial score (nSPS) is 17.2. The van der Waals surface area contributed by atoms with Gasteiger partial charge in [-0.25, -0.2) is 9.78 Å². The van der Waals surface area contributed by atoms with Crippen molar-refractivity contribution in [1.82, 2.24) is 19.7 Å². The van der Waals surface area contributed by atoms with Gasteiger partial charge in [0.05, 0.1) is 16.8 Å². The number of hydrogen-bond donors (Lipinski definition) is 1. The third-order valence-electron chi connectivity index (χ3n) is 5.69. The Morgan fingerprint density at radius 1 is 1.23 bits per heavy atom. The lowest BCUT2D eigenvalue weighted by Gasteiger charge is -2.33. The Labute approximate surface area is 174 Å². The highest BCUT2D eigenvalue weighted by Gasteiger charge is 2.18. The summed E-state index contributed by atoms with van der Waals surface area (Å²) in [6.45, 7) is 8.98. The lowest BCUT2D eigenvalue weighted by atomic mass is 10.1. The zero-order chi connectivity index (χ0) is 20.8. The van der Waals surface area contributed by atoms with E-state index in [0.717, 1.165) is 54.2 Å². The number of rotatable bonds is 3. The van der Waals surface area contributed by atoms with Crippen molar-refractivity contribution in [2.45, 2.75) is 33.2 Å². The van der Waals surface area contributed by atoms with Crippen LogP contribution in [0.5, 0.6) is 0 Å². The highest BCUT2D eigenvalue weighted by Crippen LogP contribution is 2.26. The van der Waals surface area contributed by atoms with Crippen molar-refractivity contribution < 1.29 is 4.42 Å². The molecular formula is C23H25N5O2. The number of hydrogen-bond acceptors (Lipinski definition) is 6. The number of benzene rings is 1. The molecule has 1 unspecified atom stereocenters. The quantitative estimate of drug-likeness (QED) is 0.566. The first-order valence-electron chi connectivity index (χ1n) is 10.4. The van der Waals surface area contributed by atoms with E-state index in [-0.39, 0.29) is 5.63 Å². The van der Waals surface area contributed by atoms with Gasteiger partial charge in [-0.1, -0.05) is 13.0 Å². The van der Waals surface area contributed by atoms with E-state index in [9.17, 15) is 4.79 Å². The van der Waals surface area contributed by atoms with E-state index in [0.29, 0.717) is 22.9 Å². The summed E-state index contributed by atoms with van der Waals surface area (Å²) in [5.41, 5.74) is 4.00. The highest BCUT2D eigenvalue weighted by atomic mass is 16.4. The molecule has 0 amide bonds. The van der Waals surface area contributed by atoms with E-state index >= 15 is 0 Å². The molecule has 1 aromatic carbocycles. The fourth-order valence-electron chi connectivity index (χ4n) is 4.22. The topological polar surface area (TPSA) is 75.7 Å². The van der Waals surface area contributed by atoms with E-state index in [1.165, 1.54) is 0 Å². The standard InChI is InChI=1S/C23H25N5O2/c1-4-19-22-26-20(13-28(22)12-15(3)25-19)21-9-16-5-6-17(10-18(16)23(29)30-21)27-8-7-24-14(2)11-27/h5-6,9-10,12-14,24H,4,7-8,11H2,1-3H3. The highest BCUT2D eigenvalue weighted by molar-refractivity contribution is 5.87. The molecule has 0 saturated carbocycles. The molecule has 1 aliphatic rings. The molecule has 1 atom stereocenters. The SMILES string of the molecule is CCc1nc(C)cn2cc(-c3cc4ccc(N5CCNC(C)C5)cc4c(=O)o3)nc12. The largest absolute Gasteiger partial charge is 0.421 e. The Balaban J connectivity index is 1.57. The third-order valence-corrected chi connectivity index (χ3v) is 5.69. The predicted molar refractivity (Wildman–Crippen MR) is 118 cm³/mol. The molecule has 3 aromatic heterocycles. The van der Waals surface area contributed by atoms with E-state index in [2.05, 4.69) is 35.1 Å². The van der Waals surface area contributed by atoms with Gasteiger partial charge in [0.2, 0.25) is 0 Å². The molecule has 4 heterocycles. The van der Waals surface area contributed by atoms with Crippen molar-refractivity contribution >= 4 is 22.1 Å². The number of aromatic nitrogens is 3. The van der Waals surface area contributed by atoms with Crippen LogP contribution < -0.4 is 15.8 Å². The van der Waals surface area contributed by atoms with Crippen LogP contribution >= 0.6 is 0 Å². The predicted octanol–water partition coefficient (Wildman–Crippen LogP) is 3.17. The fraction of sp³-hybridized carbons (Fsp3) is 0.348. The van der Waals surface area contributed by atoms with Crippen molar-refractivity contribution in [1.29, 1.82) is 0 Å². The molecule has 7 nitrogen and oxygen atoms in total. The maximum atomic E-state index is 12.8. The Hall–Kier alpha value is -3.19. The van der Waals surface area contributed by atoms with Crippen molar-refractivity contribution in [3.63, 3.8) is 0 Å². The number of piperazine rings is 1. The van der Waals surface area contributed by atoms with Gasteiger partial charge in [-0.2, -0.15) is 0 Å². The molecule has 0 radical (unpaired) electrons. The Bertz CT molecular complexity index is 1310. The Morgan fingerprint density at radius 3 is 2.90 bits per heavy atom. The van der Waals surface area contributed by atoms with Gasteiger partial charge < -0.3 is 19.0 Å². The fourth-order valence-corrected chi connectivity index (χ4v) is 4.22. The zero-order valence-electron chi connectivity index (χ0n) is 17.5. The first-order chi connectivity index (χ1) is 14.5. The molecule has 0 aliphatic carbocycles. The number of imidazole rings is 1. The molecule has 5 rings (SSSR count). The summed E-state index contributed by atoms with van der Waals surface area (Å²) in [4.78, 5) is 24.4.